The molecule has 6 atom stereocenters. The molecule has 1 aliphatic heterocycles. The number of aliphatic hydroxyl groups is 1. The van der Waals surface area contributed by atoms with Crippen molar-refractivity contribution in [3.05, 3.63) is 12.2 Å². The SMILES string of the molecule is C=C1CC[C@@H]2[C@](C)(CCC[C@]2(C)C(=O)OC)[C@H]1C[C@@H]1O[C@@]1(C)CO. The van der Waals surface area contributed by atoms with E-state index >= 15 is 0 Å². The summed E-state index contributed by atoms with van der Waals surface area (Å²) in [5.41, 5.74) is 0.562. The number of hydrogen-bond donors (Lipinski definition) is 1. The molecule has 1 heterocycles. The number of fused-ring (bicyclic) bond motifs is 1. The van der Waals surface area contributed by atoms with Crippen molar-refractivity contribution in [2.75, 3.05) is 13.7 Å². The van der Waals surface area contributed by atoms with Crippen LogP contribution in [0.5, 0.6) is 0 Å². The Bertz CT molecular complexity index is 544. The van der Waals surface area contributed by atoms with E-state index in [1.165, 1.54) is 12.7 Å². The Labute approximate surface area is 145 Å². The topological polar surface area (TPSA) is 59.1 Å². The van der Waals surface area contributed by atoms with Gasteiger partial charge in [0.1, 0.15) is 5.60 Å². The maximum atomic E-state index is 12.6. The first kappa shape index (κ1) is 17.9. The van der Waals surface area contributed by atoms with Gasteiger partial charge in [-0.15, -0.1) is 0 Å². The minimum Gasteiger partial charge on any atom is -0.469 e. The number of aliphatic hydroxyl groups excluding tert-OH is 1. The molecule has 0 aromatic heterocycles. The van der Waals surface area contributed by atoms with Crippen LogP contribution in [0.1, 0.15) is 59.3 Å². The van der Waals surface area contributed by atoms with Crippen LogP contribution in [-0.2, 0) is 14.3 Å². The zero-order valence-corrected chi connectivity index (χ0v) is 15.6. The van der Waals surface area contributed by atoms with E-state index in [0.717, 1.165) is 38.5 Å². The van der Waals surface area contributed by atoms with Crippen LogP contribution in [0, 0.1) is 22.7 Å². The summed E-state index contributed by atoms with van der Waals surface area (Å²) in [6, 6.07) is 0. The van der Waals surface area contributed by atoms with E-state index < -0.39 is 5.41 Å². The summed E-state index contributed by atoms with van der Waals surface area (Å²) in [7, 11) is 1.50. The highest BCUT2D eigenvalue weighted by molar-refractivity contribution is 5.77. The van der Waals surface area contributed by atoms with Crippen LogP contribution in [0.2, 0.25) is 0 Å². The molecule has 24 heavy (non-hydrogen) atoms. The Balaban J connectivity index is 1.87. The van der Waals surface area contributed by atoms with Gasteiger partial charge in [0.25, 0.3) is 0 Å². The average Bonchev–Trinajstić information content (AvgIpc) is 3.20. The third-order valence-electron chi connectivity index (χ3n) is 7.47. The molecule has 3 rings (SSSR count). The van der Waals surface area contributed by atoms with Gasteiger partial charge >= 0.3 is 5.97 Å². The van der Waals surface area contributed by atoms with Crippen molar-refractivity contribution in [2.45, 2.75) is 71.0 Å². The summed E-state index contributed by atoms with van der Waals surface area (Å²) in [6.45, 7) is 10.8. The predicted octanol–water partition coefficient (Wildman–Crippen LogP) is 3.48. The number of esters is 1. The minimum absolute atomic E-state index is 0.0544. The molecule has 0 amide bonds. The summed E-state index contributed by atoms with van der Waals surface area (Å²) < 4.78 is 10.9. The highest BCUT2D eigenvalue weighted by Gasteiger charge is 2.60. The Morgan fingerprint density at radius 2 is 2.08 bits per heavy atom. The largest absolute Gasteiger partial charge is 0.469 e. The molecule has 2 saturated carbocycles. The predicted molar refractivity (Wildman–Crippen MR) is 92.4 cm³/mol. The lowest BCUT2D eigenvalue weighted by Crippen LogP contribution is -2.54. The molecule has 3 aliphatic rings. The standard InChI is InChI=1S/C20H32O4/c1-13-7-8-15-18(2,9-6-10-19(15,3)17(22)23-5)14(13)11-16-20(4,12-21)24-16/h14-16,21H,1,6-12H2,2-5H3/t14-,15+,16-,18+,19-,20-/m0/s1. The molecular weight excluding hydrogens is 304 g/mol. The molecule has 4 nitrogen and oxygen atoms in total. The zero-order valence-electron chi connectivity index (χ0n) is 15.6. The zero-order chi connectivity index (χ0) is 17.8. The first-order valence-electron chi connectivity index (χ1n) is 9.26. The highest BCUT2D eigenvalue weighted by Crippen LogP contribution is 2.63. The van der Waals surface area contributed by atoms with Crippen LogP contribution in [0.4, 0.5) is 0 Å². The summed E-state index contributed by atoms with van der Waals surface area (Å²) in [6.07, 6.45) is 6.07. The van der Waals surface area contributed by atoms with Crippen molar-refractivity contribution in [3.63, 3.8) is 0 Å². The number of rotatable bonds is 4. The van der Waals surface area contributed by atoms with Gasteiger partial charge < -0.3 is 14.6 Å². The number of methoxy groups -OCH3 is 1. The molecule has 0 aromatic rings. The van der Waals surface area contributed by atoms with E-state index in [0.29, 0.717) is 11.8 Å². The molecule has 1 saturated heterocycles. The number of ether oxygens (including phenoxy) is 2. The van der Waals surface area contributed by atoms with Crippen molar-refractivity contribution in [1.29, 1.82) is 0 Å². The lowest BCUT2D eigenvalue weighted by atomic mass is 9.46. The first-order chi connectivity index (χ1) is 11.2. The number of hydrogen-bond acceptors (Lipinski definition) is 4. The van der Waals surface area contributed by atoms with E-state index in [4.69, 9.17) is 9.47 Å². The van der Waals surface area contributed by atoms with Gasteiger partial charge in [-0.1, -0.05) is 25.5 Å². The normalized spacial score (nSPS) is 47.9. The van der Waals surface area contributed by atoms with E-state index in [-0.39, 0.29) is 29.7 Å². The highest BCUT2D eigenvalue weighted by atomic mass is 16.6. The third kappa shape index (κ3) is 2.53. The van der Waals surface area contributed by atoms with Crippen molar-refractivity contribution in [3.8, 4) is 0 Å². The van der Waals surface area contributed by atoms with Gasteiger partial charge in [0, 0.05) is 0 Å². The number of carbonyl (C=O) groups excluding carboxylic acids is 1. The van der Waals surface area contributed by atoms with Crippen LogP contribution < -0.4 is 0 Å². The van der Waals surface area contributed by atoms with E-state index in [2.05, 4.69) is 20.4 Å². The summed E-state index contributed by atoms with van der Waals surface area (Å²) in [5, 5.41) is 9.51. The average molecular weight is 336 g/mol. The Kier molecular flexibility index (Phi) is 4.37. The molecular formula is C20H32O4. The van der Waals surface area contributed by atoms with E-state index in [1.807, 2.05) is 6.92 Å². The Morgan fingerprint density at radius 1 is 1.38 bits per heavy atom. The monoisotopic (exact) mass is 336 g/mol. The van der Waals surface area contributed by atoms with Crippen LogP contribution >= 0.6 is 0 Å². The smallest absolute Gasteiger partial charge is 0.311 e. The number of epoxide rings is 1. The molecule has 0 radical (unpaired) electrons. The summed E-state index contributed by atoms with van der Waals surface area (Å²) >= 11 is 0. The fourth-order valence-electron chi connectivity index (χ4n) is 5.80. The lowest BCUT2D eigenvalue weighted by Gasteiger charge is -2.57. The second kappa shape index (κ2) is 5.84. The van der Waals surface area contributed by atoms with Crippen molar-refractivity contribution >= 4 is 5.97 Å². The Morgan fingerprint density at radius 3 is 2.67 bits per heavy atom. The molecule has 0 aromatic carbocycles. The molecule has 0 unspecified atom stereocenters. The molecule has 136 valence electrons. The molecule has 0 bridgehead atoms. The molecule has 3 fully saturated rings. The first-order valence-corrected chi connectivity index (χ1v) is 9.26. The van der Waals surface area contributed by atoms with E-state index in [1.54, 1.807) is 0 Å². The Hall–Kier alpha value is -0.870. The molecule has 4 heteroatoms. The van der Waals surface area contributed by atoms with Crippen LogP contribution in [0.3, 0.4) is 0 Å². The van der Waals surface area contributed by atoms with Gasteiger partial charge in [0.2, 0.25) is 0 Å². The van der Waals surface area contributed by atoms with Crippen LogP contribution in [-0.4, -0.2) is 36.5 Å². The van der Waals surface area contributed by atoms with Crippen LogP contribution in [0.25, 0.3) is 0 Å². The van der Waals surface area contributed by atoms with Crippen molar-refractivity contribution < 1.29 is 19.4 Å². The summed E-state index contributed by atoms with van der Waals surface area (Å²) in [4.78, 5) is 12.6. The van der Waals surface area contributed by atoms with Gasteiger partial charge in [-0.05, 0) is 63.2 Å². The maximum Gasteiger partial charge on any atom is 0.311 e. The number of carbonyl (C=O) groups is 1. The third-order valence-corrected chi connectivity index (χ3v) is 7.47. The molecule has 2 aliphatic carbocycles. The fourth-order valence-corrected chi connectivity index (χ4v) is 5.80. The number of allylic oxidation sites excluding steroid dienone is 1. The van der Waals surface area contributed by atoms with Crippen molar-refractivity contribution in [2.24, 2.45) is 22.7 Å². The van der Waals surface area contributed by atoms with Crippen LogP contribution in [0.15, 0.2) is 12.2 Å². The van der Waals surface area contributed by atoms with Crippen molar-refractivity contribution in [1.82, 2.24) is 0 Å². The second-order valence-corrected chi connectivity index (χ2v) is 8.88. The molecule has 0 spiro atoms. The summed E-state index contributed by atoms with van der Waals surface area (Å²) in [5.74, 6) is 0.604. The molecule has 1 N–H and O–H groups in total. The van der Waals surface area contributed by atoms with Gasteiger partial charge in [-0.2, -0.15) is 0 Å². The van der Waals surface area contributed by atoms with Gasteiger partial charge in [0.05, 0.1) is 25.2 Å². The quantitative estimate of drug-likeness (QED) is 0.485. The maximum absolute atomic E-state index is 12.6. The van der Waals surface area contributed by atoms with E-state index in [9.17, 15) is 9.90 Å². The lowest BCUT2D eigenvalue weighted by molar-refractivity contribution is -0.168. The minimum atomic E-state index is -0.397. The fraction of sp³-hybridized carbons (Fsp3) is 0.850. The van der Waals surface area contributed by atoms with Gasteiger partial charge in [-0.25, -0.2) is 0 Å². The second-order valence-electron chi connectivity index (χ2n) is 8.88. The van der Waals surface area contributed by atoms with Gasteiger partial charge in [-0.3, -0.25) is 4.79 Å². The van der Waals surface area contributed by atoms with Gasteiger partial charge in [0.15, 0.2) is 0 Å².